The lowest BCUT2D eigenvalue weighted by Gasteiger charge is -2.13. The molecule has 1 atom stereocenters. The Morgan fingerprint density at radius 2 is 1.55 bits per heavy atom. The highest BCUT2D eigenvalue weighted by Gasteiger charge is 2.10. The maximum absolute atomic E-state index is 3.83. The van der Waals surface area contributed by atoms with Crippen molar-refractivity contribution >= 4 is 26.7 Å². The van der Waals surface area contributed by atoms with Crippen LogP contribution in [0.15, 0.2) is 66.7 Å². The van der Waals surface area contributed by atoms with Crippen molar-refractivity contribution in [1.29, 1.82) is 0 Å². The lowest BCUT2D eigenvalue weighted by atomic mass is 9.98. The fourth-order valence-corrected chi connectivity index (χ4v) is 3.21. The average Bonchev–Trinajstić information content (AvgIpc) is 2.48. The van der Waals surface area contributed by atoms with Crippen molar-refractivity contribution in [2.75, 3.05) is 0 Å². The zero-order chi connectivity index (χ0) is 13.9. The zero-order valence-electron chi connectivity index (χ0n) is 11.5. The lowest BCUT2D eigenvalue weighted by Crippen LogP contribution is -1.96. The largest absolute Gasteiger partial charge is 0.0835 e. The molecule has 0 saturated heterocycles. The topological polar surface area (TPSA) is 0 Å². The van der Waals surface area contributed by atoms with Crippen LogP contribution in [0.5, 0.6) is 0 Å². The molecule has 3 aromatic carbocycles. The van der Waals surface area contributed by atoms with E-state index >= 15 is 0 Å². The number of alkyl halides is 1. The van der Waals surface area contributed by atoms with Crippen molar-refractivity contribution in [3.63, 3.8) is 0 Å². The lowest BCUT2D eigenvalue weighted by molar-refractivity contribution is 0.956. The standard InChI is InChI=1S/C19H17Br/c1-14-9-11-16(12-10-14)19(20)13-17-7-4-6-15-5-2-3-8-18(15)17/h2-12,19H,13H2,1H3. The predicted molar refractivity (Wildman–Crippen MR) is 90.5 cm³/mol. The molecule has 0 heterocycles. The molecule has 0 aromatic heterocycles. The van der Waals surface area contributed by atoms with Crippen molar-refractivity contribution in [1.82, 2.24) is 0 Å². The Kier molecular flexibility index (Phi) is 3.88. The van der Waals surface area contributed by atoms with Crippen LogP contribution in [0.2, 0.25) is 0 Å². The fraction of sp³-hybridized carbons (Fsp3) is 0.158. The van der Waals surface area contributed by atoms with Crippen LogP contribution in [0.3, 0.4) is 0 Å². The van der Waals surface area contributed by atoms with E-state index in [1.54, 1.807) is 0 Å². The molecule has 0 bridgehead atoms. The van der Waals surface area contributed by atoms with Crippen LogP contribution in [-0.4, -0.2) is 0 Å². The van der Waals surface area contributed by atoms with E-state index in [0.717, 1.165) is 6.42 Å². The van der Waals surface area contributed by atoms with E-state index in [0.29, 0.717) is 4.83 Å². The third kappa shape index (κ3) is 2.78. The van der Waals surface area contributed by atoms with Crippen LogP contribution in [0.1, 0.15) is 21.5 Å². The molecular formula is C19H17Br. The van der Waals surface area contributed by atoms with Gasteiger partial charge in [-0.05, 0) is 35.2 Å². The van der Waals surface area contributed by atoms with E-state index in [-0.39, 0.29) is 0 Å². The van der Waals surface area contributed by atoms with Crippen LogP contribution >= 0.6 is 15.9 Å². The van der Waals surface area contributed by atoms with Gasteiger partial charge in [-0.1, -0.05) is 88.2 Å². The Balaban J connectivity index is 1.91. The van der Waals surface area contributed by atoms with Crippen molar-refractivity contribution in [2.24, 2.45) is 0 Å². The van der Waals surface area contributed by atoms with Crippen molar-refractivity contribution in [3.05, 3.63) is 83.4 Å². The molecule has 1 heteroatoms. The molecule has 1 unspecified atom stereocenters. The third-order valence-electron chi connectivity index (χ3n) is 3.72. The number of aryl methyl sites for hydroxylation is 1. The molecule has 3 aromatic rings. The van der Waals surface area contributed by atoms with Gasteiger partial charge in [0.05, 0.1) is 0 Å². The normalized spacial score (nSPS) is 12.5. The first-order valence-electron chi connectivity index (χ1n) is 6.91. The quantitative estimate of drug-likeness (QED) is 0.532. The molecule has 20 heavy (non-hydrogen) atoms. The number of hydrogen-bond acceptors (Lipinski definition) is 0. The van der Waals surface area contributed by atoms with E-state index in [2.05, 4.69) is 89.6 Å². The van der Waals surface area contributed by atoms with Crippen LogP contribution in [0.25, 0.3) is 10.8 Å². The van der Waals surface area contributed by atoms with Crippen LogP contribution in [0.4, 0.5) is 0 Å². The van der Waals surface area contributed by atoms with Crippen molar-refractivity contribution in [2.45, 2.75) is 18.2 Å². The van der Waals surface area contributed by atoms with Gasteiger partial charge in [-0.25, -0.2) is 0 Å². The highest BCUT2D eigenvalue weighted by Crippen LogP contribution is 2.30. The predicted octanol–water partition coefficient (Wildman–Crippen LogP) is 5.83. The minimum atomic E-state index is 0.355. The smallest absolute Gasteiger partial charge is 0.0435 e. The molecule has 0 radical (unpaired) electrons. The summed E-state index contributed by atoms with van der Waals surface area (Å²) in [6.45, 7) is 2.12. The Hall–Kier alpha value is -1.60. The summed E-state index contributed by atoms with van der Waals surface area (Å²) in [7, 11) is 0. The summed E-state index contributed by atoms with van der Waals surface area (Å²) < 4.78 is 0. The van der Waals surface area contributed by atoms with E-state index in [1.807, 2.05) is 0 Å². The van der Waals surface area contributed by atoms with Gasteiger partial charge in [-0.3, -0.25) is 0 Å². The van der Waals surface area contributed by atoms with Gasteiger partial charge in [0.25, 0.3) is 0 Å². The molecule has 0 saturated carbocycles. The van der Waals surface area contributed by atoms with E-state index < -0.39 is 0 Å². The van der Waals surface area contributed by atoms with Gasteiger partial charge in [0.1, 0.15) is 0 Å². The van der Waals surface area contributed by atoms with E-state index in [9.17, 15) is 0 Å². The van der Waals surface area contributed by atoms with E-state index in [1.165, 1.54) is 27.5 Å². The number of halogens is 1. The molecule has 100 valence electrons. The van der Waals surface area contributed by atoms with E-state index in [4.69, 9.17) is 0 Å². The summed E-state index contributed by atoms with van der Waals surface area (Å²) in [4.78, 5) is 0.355. The van der Waals surface area contributed by atoms with Crippen LogP contribution < -0.4 is 0 Å². The Bertz CT molecular complexity index is 708. The summed E-state index contributed by atoms with van der Waals surface area (Å²) in [5, 5.41) is 2.67. The Morgan fingerprint density at radius 3 is 2.35 bits per heavy atom. The van der Waals surface area contributed by atoms with Gasteiger partial charge < -0.3 is 0 Å². The molecule has 0 N–H and O–H groups in total. The molecule has 0 aliphatic rings. The minimum absolute atomic E-state index is 0.355. The Morgan fingerprint density at radius 1 is 0.850 bits per heavy atom. The summed E-state index contributed by atoms with van der Waals surface area (Å²) >= 11 is 3.83. The molecular weight excluding hydrogens is 308 g/mol. The van der Waals surface area contributed by atoms with Gasteiger partial charge in [-0.15, -0.1) is 0 Å². The summed E-state index contributed by atoms with van der Waals surface area (Å²) in [5.41, 5.74) is 4.03. The molecule has 0 amide bonds. The van der Waals surface area contributed by atoms with Gasteiger partial charge >= 0.3 is 0 Å². The number of hydrogen-bond donors (Lipinski definition) is 0. The second-order valence-corrected chi connectivity index (χ2v) is 6.33. The first-order valence-corrected chi connectivity index (χ1v) is 7.83. The van der Waals surface area contributed by atoms with Crippen LogP contribution in [0, 0.1) is 6.92 Å². The first kappa shape index (κ1) is 13.4. The second-order valence-electron chi connectivity index (χ2n) is 5.22. The summed E-state index contributed by atoms with van der Waals surface area (Å²) in [6.07, 6.45) is 1.00. The third-order valence-corrected chi connectivity index (χ3v) is 4.57. The van der Waals surface area contributed by atoms with Crippen LogP contribution in [-0.2, 0) is 6.42 Å². The number of benzene rings is 3. The monoisotopic (exact) mass is 324 g/mol. The van der Waals surface area contributed by atoms with Gasteiger partial charge in [0, 0.05) is 4.83 Å². The van der Waals surface area contributed by atoms with Gasteiger partial charge in [0.15, 0.2) is 0 Å². The van der Waals surface area contributed by atoms with Gasteiger partial charge in [-0.2, -0.15) is 0 Å². The number of fused-ring (bicyclic) bond motifs is 1. The summed E-state index contributed by atoms with van der Waals surface area (Å²) in [6, 6.07) is 23.9. The average molecular weight is 325 g/mol. The molecule has 0 fully saturated rings. The highest BCUT2D eigenvalue weighted by atomic mass is 79.9. The van der Waals surface area contributed by atoms with Gasteiger partial charge in [0.2, 0.25) is 0 Å². The molecule has 3 rings (SSSR count). The number of rotatable bonds is 3. The molecule has 0 spiro atoms. The molecule has 0 aliphatic heterocycles. The molecule has 0 nitrogen and oxygen atoms in total. The minimum Gasteiger partial charge on any atom is -0.0835 e. The maximum atomic E-state index is 3.83. The van der Waals surface area contributed by atoms with Crippen molar-refractivity contribution in [3.8, 4) is 0 Å². The SMILES string of the molecule is Cc1ccc(C(Br)Cc2cccc3ccccc23)cc1. The Labute approximate surface area is 128 Å². The second kappa shape index (κ2) is 5.80. The summed E-state index contributed by atoms with van der Waals surface area (Å²) in [5.74, 6) is 0. The highest BCUT2D eigenvalue weighted by molar-refractivity contribution is 9.09. The maximum Gasteiger partial charge on any atom is 0.0435 e. The van der Waals surface area contributed by atoms with Crippen molar-refractivity contribution < 1.29 is 0 Å². The fourth-order valence-electron chi connectivity index (χ4n) is 2.56. The zero-order valence-corrected chi connectivity index (χ0v) is 13.1. The first-order chi connectivity index (χ1) is 9.74. The molecule has 0 aliphatic carbocycles.